The van der Waals surface area contributed by atoms with Crippen molar-refractivity contribution in [1.82, 2.24) is 18.8 Å². The molecule has 1 saturated heterocycles. The maximum absolute atomic E-state index is 13.0. The van der Waals surface area contributed by atoms with Crippen LogP contribution in [0.5, 0.6) is 5.75 Å². The largest absolute Gasteiger partial charge is 0.497 e. The average molecular weight is 443 g/mol. The lowest BCUT2D eigenvalue weighted by Gasteiger charge is -2.17. The quantitative estimate of drug-likeness (QED) is 0.586. The molecular weight excluding hydrogens is 416 g/mol. The third-order valence-electron chi connectivity index (χ3n) is 5.75. The second-order valence-electron chi connectivity index (χ2n) is 7.73. The van der Waals surface area contributed by atoms with E-state index in [9.17, 15) is 13.2 Å². The van der Waals surface area contributed by atoms with Crippen molar-refractivity contribution in [3.63, 3.8) is 0 Å². The van der Waals surface area contributed by atoms with Gasteiger partial charge in [0.05, 0.1) is 29.6 Å². The van der Waals surface area contributed by atoms with Crippen LogP contribution in [0.25, 0.3) is 11.0 Å². The van der Waals surface area contributed by atoms with Gasteiger partial charge in [0.1, 0.15) is 11.6 Å². The predicted octanol–water partition coefficient (Wildman–Crippen LogP) is 2.64. The molecule has 0 spiro atoms. The first-order valence-corrected chi connectivity index (χ1v) is 11.6. The zero-order valence-electron chi connectivity index (χ0n) is 17.9. The molecule has 1 aliphatic rings. The smallest absolute Gasteiger partial charge is 0.253 e. The van der Waals surface area contributed by atoms with E-state index in [1.807, 2.05) is 28.6 Å². The lowest BCUT2D eigenvalue weighted by Crippen LogP contribution is -2.27. The summed E-state index contributed by atoms with van der Waals surface area (Å²) >= 11 is 0. The lowest BCUT2D eigenvalue weighted by atomic mass is 10.2. The van der Waals surface area contributed by atoms with Crippen molar-refractivity contribution in [3.05, 3.63) is 53.9 Å². The Morgan fingerprint density at radius 3 is 2.45 bits per heavy atom. The SMILES string of the molecule is COc1ccc(S(=O)(=O)N(C)Cc2nc3cc(C(=O)N4CCCC4)ccc3n2C)cc1. The maximum atomic E-state index is 13.0. The predicted molar refractivity (Wildman–Crippen MR) is 117 cm³/mol. The molecule has 1 fully saturated rings. The van der Waals surface area contributed by atoms with Crippen LogP contribution in [-0.2, 0) is 23.6 Å². The van der Waals surface area contributed by atoms with Crippen LogP contribution in [0, 0.1) is 0 Å². The zero-order chi connectivity index (χ0) is 22.2. The van der Waals surface area contributed by atoms with E-state index in [1.54, 1.807) is 18.2 Å². The molecule has 4 rings (SSSR count). The molecule has 0 atom stereocenters. The number of carbonyl (C=O) groups excluding carboxylic acids is 1. The summed E-state index contributed by atoms with van der Waals surface area (Å²) in [7, 11) is 1.22. The Balaban J connectivity index is 1.58. The average Bonchev–Trinajstić information content (AvgIpc) is 3.42. The summed E-state index contributed by atoms with van der Waals surface area (Å²) in [4.78, 5) is 19.4. The highest BCUT2D eigenvalue weighted by Gasteiger charge is 2.24. The van der Waals surface area contributed by atoms with E-state index in [4.69, 9.17) is 4.74 Å². The summed E-state index contributed by atoms with van der Waals surface area (Å²) < 4.78 is 34.1. The third kappa shape index (κ3) is 4.03. The second-order valence-corrected chi connectivity index (χ2v) is 9.77. The van der Waals surface area contributed by atoms with Gasteiger partial charge in [0.2, 0.25) is 10.0 Å². The molecule has 2 heterocycles. The lowest BCUT2D eigenvalue weighted by molar-refractivity contribution is 0.0793. The van der Waals surface area contributed by atoms with Crippen molar-refractivity contribution in [2.45, 2.75) is 24.3 Å². The number of hydrogen-bond donors (Lipinski definition) is 0. The molecule has 0 radical (unpaired) electrons. The van der Waals surface area contributed by atoms with Gasteiger partial charge in [0.15, 0.2) is 0 Å². The number of carbonyl (C=O) groups is 1. The number of fused-ring (bicyclic) bond motifs is 1. The molecule has 1 aliphatic heterocycles. The molecule has 0 N–H and O–H groups in total. The van der Waals surface area contributed by atoms with Crippen LogP contribution in [0.15, 0.2) is 47.4 Å². The van der Waals surface area contributed by atoms with Crippen LogP contribution in [0.1, 0.15) is 29.0 Å². The van der Waals surface area contributed by atoms with Crippen LogP contribution >= 0.6 is 0 Å². The molecule has 8 nitrogen and oxygen atoms in total. The Morgan fingerprint density at radius 1 is 1.13 bits per heavy atom. The fourth-order valence-electron chi connectivity index (χ4n) is 3.84. The van der Waals surface area contributed by atoms with E-state index in [-0.39, 0.29) is 17.3 Å². The number of sulfonamides is 1. The summed E-state index contributed by atoms with van der Waals surface area (Å²) in [5.74, 6) is 1.21. The summed E-state index contributed by atoms with van der Waals surface area (Å²) in [6, 6.07) is 11.8. The fourth-order valence-corrected chi connectivity index (χ4v) is 4.96. The molecule has 0 bridgehead atoms. The highest BCUT2D eigenvalue weighted by atomic mass is 32.2. The Kier molecular flexibility index (Phi) is 5.72. The minimum atomic E-state index is -3.69. The van der Waals surface area contributed by atoms with E-state index >= 15 is 0 Å². The molecule has 2 aromatic carbocycles. The summed E-state index contributed by atoms with van der Waals surface area (Å²) in [6.07, 6.45) is 2.08. The van der Waals surface area contributed by atoms with E-state index in [2.05, 4.69) is 4.98 Å². The van der Waals surface area contributed by atoms with Gasteiger partial charge in [-0.25, -0.2) is 13.4 Å². The third-order valence-corrected chi connectivity index (χ3v) is 7.56. The summed E-state index contributed by atoms with van der Waals surface area (Å²) in [5.41, 5.74) is 2.14. The van der Waals surface area contributed by atoms with Gasteiger partial charge in [-0.2, -0.15) is 4.31 Å². The van der Waals surface area contributed by atoms with Gasteiger partial charge in [-0.1, -0.05) is 0 Å². The second kappa shape index (κ2) is 8.32. The molecule has 31 heavy (non-hydrogen) atoms. The first-order chi connectivity index (χ1) is 14.8. The Morgan fingerprint density at radius 2 is 1.81 bits per heavy atom. The van der Waals surface area contributed by atoms with Gasteiger partial charge < -0.3 is 14.2 Å². The van der Waals surface area contributed by atoms with Gasteiger partial charge in [-0.05, 0) is 55.3 Å². The van der Waals surface area contributed by atoms with E-state index in [0.29, 0.717) is 22.7 Å². The van der Waals surface area contributed by atoms with Gasteiger partial charge in [0.25, 0.3) is 5.91 Å². The van der Waals surface area contributed by atoms with Crippen molar-refractivity contribution in [2.24, 2.45) is 7.05 Å². The van der Waals surface area contributed by atoms with E-state index in [0.717, 1.165) is 31.4 Å². The molecule has 1 aromatic heterocycles. The number of aryl methyl sites for hydroxylation is 1. The number of amides is 1. The normalized spacial score (nSPS) is 14.5. The molecule has 0 aliphatic carbocycles. The maximum Gasteiger partial charge on any atom is 0.253 e. The highest BCUT2D eigenvalue weighted by Crippen LogP contribution is 2.23. The van der Waals surface area contributed by atoms with Gasteiger partial charge in [0, 0.05) is 32.7 Å². The van der Waals surface area contributed by atoms with Crippen LogP contribution in [0.4, 0.5) is 0 Å². The number of hydrogen-bond acceptors (Lipinski definition) is 5. The van der Waals surface area contributed by atoms with Crippen LogP contribution < -0.4 is 4.74 Å². The molecule has 9 heteroatoms. The number of ether oxygens (including phenoxy) is 1. The highest BCUT2D eigenvalue weighted by molar-refractivity contribution is 7.89. The Hall–Kier alpha value is -2.91. The summed E-state index contributed by atoms with van der Waals surface area (Å²) in [6.45, 7) is 1.69. The zero-order valence-corrected chi connectivity index (χ0v) is 18.7. The summed E-state index contributed by atoms with van der Waals surface area (Å²) in [5, 5.41) is 0. The van der Waals surface area contributed by atoms with Crippen LogP contribution in [0.3, 0.4) is 0 Å². The molecule has 0 saturated carbocycles. The number of methoxy groups -OCH3 is 1. The van der Waals surface area contributed by atoms with Gasteiger partial charge in [-0.3, -0.25) is 4.79 Å². The number of likely N-dealkylation sites (tertiary alicyclic amines) is 1. The number of benzene rings is 2. The number of nitrogens with zero attached hydrogens (tertiary/aromatic N) is 4. The molecule has 1 amide bonds. The fraction of sp³-hybridized carbons (Fsp3) is 0.364. The van der Waals surface area contributed by atoms with Crippen molar-refractivity contribution in [3.8, 4) is 5.75 Å². The van der Waals surface area contributed by atoms with Crippen molar-refractivity contribution >= 4 is 27.0 Å². The molecule has 164 valence electrons. The van der Waals surface area contributed by atoms with Gasteiger partial charge in [-0.15, -0.1) is 0 Å². The minimum Gasteiger partial charge on any atom is -0.497 e. The van der Waals surface area contributed by atoms with Crippen molar-refractivity contribution in [2.75, 3.05) is 27.2 Å². The van der Waals surface area contributed by atoms with Crippen molar-refractivity contribution in [1.29, 1.82) is 0 Å². The van der Waals surface area contributed by atoms with E-state index < -0.39 is 10.0 Å². The Labute approximate surface area is 182 Å². The number of imidazole rings is 1. The monoisotopic (exact) mass is 442 g/mol. The van der Waals surface area contributed by atoms with Crippen LogP contribution in [-0.4, -0.2) is 60.3 Å². The molecule has 0 unspecified atom stereocenters. The molecular formula is C22H26N4O4S. The van der Waals surface area contributed by atoms with Crippen LogP contribution in [0.2, 0.25) is 0 Å². The number of aromatic nitrogens is 2. The van der Waals surface area contributed by atoms with Crippen molar-refractivity contribution < 1.29 is 17.9 Å². The Bertz CT molecular complexity index is 1210. The standard InChI is InChI=1S/C22H26N4O4S/c1-24(31(28,29)18-9-7-17(30-3)8-10-18)15-21-23-19-14-16(6-11-20(19)25(21)2)22(27)26-12-4-5-13-26/h6-11,14H,4-5,12-13,15H2,1-3H3. The van der Waals surface area contributed by atoms with E-state index in [1.165, 1.54) is 30.6 Å². The first kappa shape index (κ1) is 21.3. The topological polar surface area (TPSA) is 84.7 Å². The number of rotatable bonds is 6. The molecule has 3 aromatic rings. The van der Waals surface area contributed by atoms with Gasteiger partial charge >= 0.3 is 0 Å². The minimum absolute atomic E-state index is 0.0193. The first-order valence-electron chi connectivity index (χ1n) is 10.2.